The van der Waals surface area contributed by atoms with Gasteiger partial charge < -0.3 is 19.3 Å². The second-order valence-corrected chi connectivity index (χ2v) is 10.2. The minimum Gasteiger partial charge on any atom is -0.490 e. The lowest BCUT2D eigenvalue weighted by Crippen LogP contribution is -2.14. The van der Waals surface area contributed by atoms with Gasteiger partial charge in [-0.05, 0) is 71.0 Å². The van der Waals surface area contributed by atoms with Gasteiger partial charge in [0.1, 0.15) is 24.7 Å². The summed E-state index contributed by atoms with van der Waals surface area (Å²) in [5, 5.41) is 8.94. The Morgan fingerprint density at radius 1 is 0.721 bits per heavy atom. The fourth-order valence-corrected chi connectivity index (χ4v) is 4.41. The van der Waals surface area contributed by atoms with Crippen molar-refractivity contribution < 1.29 is 28.9 Å². The fraction of sp³-hybridized carbons (Fsp3) is 0.189. The molecule has 0 aliphatic heterocycles. The molecule has 0 saturated carbocycles. The number of carbonyl (C=O) groups is 2. The minimum atomic E-state index is -0.648. The number of rotatable bonds is 13. The number of ether oxygens (including phenoxy) is 3. The summed E-state index contributed by atoms with van der Waals surface area (Å²) in [5.41, 5.74) is 7.47. The van der Waals surface area contributed by atoms with Crippen molar-refractivity contribution in [3.05, 3.63) is 121 Å². The number of aliphatic hydroxyl groups excluding tert-OH is 1. The van der Waals surface area contributed by atoms with Crippen LogP contribution in [0.4, 0.5) is 0 Å². The topological polar surface area (TPSA) is 82.1 Å². The molecule has 0 unspecified atom stereocenters. The molecule has 220 valence electrons. The molecule has 0 aromatic heterocycles. The molecule has 0 amide bonds. The quantitative estimate of drug-likeness (QED) is 0.0764. The summed E-state index contributed by atoms with van der Waals surface area (Å²) in [5.74, 6) is -0.0610. The Morgan fingerprint density at radius 2 is 1.28 bits per heavy atom. The third kappa shape index (κ3) is 8.31. The first-order valence-electron chi connectivity index (χ1n) is 14.2. The SMILES string of the molecule is C=C(C)C(=O)Oc1ccc(-c2ccc(OCCOC(=O)C(=C)CO)cc2)cc1-c1ccc(-c2ccc(CCC)cc2)cc1. The smallest absolute Gasteiger partial charge is 0.338 e. The summed E-state index contributed by atoms with van der Waals surface area (Å²) >= 11 is 0. The zero-order chi connectivity index (χ0) is 30.8. The largest absolute Gasteiger partial charge is 0.490 e. The highest BCUT2D eigenvalue weighted by Crippen LogP contribution is 2.36. The van der Waals surface area contributed by atoms with Crippen LogP contribution in [0.3, 0.4) is 0 Å². The van der Waals surface area contributed by atoms with Crippen LogP contribution in [0.2, 0.25) is 0 Å². The van der Waals surface area contributed by atoms with Crippen LogP contribution in [0.5, 0.6) is 11.5 Å². The molecule has 0 spiro atoms. The van der Waals surface area contributed by atoms with Crippen LogP contribution >= 0.6 is 0 Å². The van der Waals surface area contributed by atoms with Crippen molar-refractivity contribution in [1.82, 2.24) is 0 Å². The first kappa shape index (κ1) is 31.0. The van der Waals surface area contributed by atoms with E-state index in [4.69, 9.17) is 19.3 Å². The number of aliphatic hydroxyl groups is 1. The van der Waals surface area contributed by atoms with Gasteiger partial charge in [-0.1, -0.05) is 93.2 Å². The number of aryl methyl sites for hydroxylation is 1. The second kappa shape index (κ2) is 14.8. The molecular weight excluding hydrogens is 540 g/mol. The first-order chi connectivity index (χ1) is 20.8. The van der Waals surface area contributed by atoms with Gasteiger partial charge in [0.05, 0.1) is 12.2 Å². The monoisotopic (exact) mass is 576 g/mol. The minimum absolute atomic E-state index is 0.00262. The highest BCUT2D eigenvalue weighted by Gasteiger charge is 2.14. The third-order valence-corrected chi connectivity index (χ3v) is 6.80. The molecule has 4 aromatic rings. The average molecular weight is 577 g/mol. The number of hydrogen-bond donors (Lipinski definition) is 1. The molecule has 6 nitrogen and oxygen atoms in total. The lowest BCUT2D eigenvalue weighted by molar-refractivity contribution is -0.140. The van der Waals surface area contributed by atoms with Crippen molar-refractivity contribution in [2.75, 3.05) is 19.8 Å². The maximum Gasteiger partial charge on any atom is 0.338 e. The normalized spacial score (nSPS) is 10.6. The second-order valence-electron chi connectivity index (χ2n) is 10.2. The van der Waals surface area contributed by atoms with Crippen LogP contribution < -0.4 is 9.47 Å². The summed E-state index contributed by atoms with van der Waals surface area (Å²) in [6.07, 6.45) is 2.18. The van der Waals surface area contributed by atoms with E-state index in [9.17, 15) is 9.59 Å². The molecule has 4 rings (SSSR count). The summed E-state index contributed by atoms with van der Waals surface area (Å²) in [7, 11) is 0. The van der Waals surface area contributed by atoms with Crippen molar-refractivity contribution in [2.24, 2.45) is 0 Å². The van der Waals surface area contributed by atoms with E-state index in [0.717, 1.165) is 46.2 Å². The summed E-state index contributed by atoms with van der Waals surface area (Å²) in [6.45, 7) is 10.7. The number of carbonyl (C=O) groups excluding carboxylic acids is 2. The van der Waals surface area contributed by atoms with Crippen LogP contribution in [-0.2, 0) is 20.7 Å². The Labute approximate surface area is 252 Å². The maximum absolute atomic E-state index is 12.4. The van der Waals surface area contributed by atoms with E-state index in [2.05, 4.69) is 56.5 Å². The predicted octanol–water partition coefficient (Wildman–Crippen LogP) is 7.59. The zero-order valence-electron chi connectivity index (χ0n) is 24.6. The average Bonchev–Trinajstić information content (AvgIpc) is 3.03. The number of benzene rings is 4. The van der Waals surface area contributed by atoms with Gasteiger partial charge in [-0.25, -0.2) is 9.59 Å². The number of hydrogen-bond acceptors (Lipinski definition) is 6. The van der Waals surface area contributed by atoms with Gasteiger partial charge in [-0.3, -0.25) is 0 Å². The van der Waals surface area contributed by atoms with Gasteiger partial charge in [0.15, 0.2) is 0 Å². The molecule has 0 saturated heterocycles. The van der Waals surface area contributed by atoms with Crippen molar-refractivity contribution in [3.8, 4) is 44.9 Å². The molecule has 0 radical (unpaired) electrons. The highest BCUT2D eigenvalue weighted by molar-refractivity contribution is 5.91. The summed E-state index contributed by atoms with van der Waals surface area (Å²) in [4.78, 5) is 24.0. The molecule has 0 aliphatic rings. The van der Waals surface area contributed by atoms with Crippen molar-refractivity contribution >= 4 is 11.9 Å². The fourth-order valence-electron chi connectivity index (χ4n) is 4.41. The van der Waals surface area contributed by atoms with Crippen molar-refractivity contribution in [2.45, 2.75) is 26.7 Å². The molecule has 0 bridgehead atoms. The van der Waals surface area contributed by atoms with Crippen LogP contribution in [0.25, 0.3) is 33.4 Å². The Kier molecular flexibility index (Phi) is 10.7. The molecule has 0 heterocycles. The van der Waals surface area contributed by atoms with Crippen LogP contribution in [0, 0.1) is 0 Å². The summed E-state index contributed by atoms with van der Waals surface area (Å²) in [6, 6.07) is 30.1. The summed E-state index contributed by atoms with van der Waals surface area (Å²) < 4.78 is 16.4. The molecule has 0 fully saturated rings. The predicted molar refractivity (Wildman–Crippen MR) is 170 cm³/mol. The van der Waals surface area contributed by atoms with Gasteiger partial charge in [0.2, 0.25) is 0 Å². The van der Waals surface area contributed by atoms with E-state index in [-0.39, 0.29) is 18.8 Å². The van der Waals surface area contributed by atoms with Crippen molar-refractivity contribution in [3.63, 3.8) is 0 Å². The van der Waals surface area contributed by atoms with E-state index in [0.29, 0.717) is 17.1 Å². The molecule has 0 atom stereocenters. The Hall–Kier alpha value is -4.94. The van der Waals surface area contributed by atoms with Gasteiger partial charge in [-0.15, -0.1) is 0 Å². The number of esters is 2. The molecule has 6 heteroatoms. The van der Waals surface area contributed by atoms with Gasteiger partial charge in [0.25, 0.3) is 0 Å². The molecule has 0 aliphatic carbocycles. The highest BCUT2D eigenvalue weighted by atomic mass is 16.6. The van der Waals surface area contributed by atoms with Gasteiger partial charge in [0, 0.05) is 11.1 Å². The van der Waals surface area contributed by atoms with Gasteiger partial charge in [-0.2, -0.15) is 0 Å². The van der Waals surface area contributed by atoms with E-state index in [1.165, 1.54) is 5.56 Å². The first-order valence-corrected chi connectivity index (χ1v) is 14.2. The van der Waals surface area contributed by atoms with Gasteiger partial charge >= 0.3 is 11.9 Å². The third-order valence-electron chi connectivity index (χ3n) is 6.80. The van der Waals surface area contributed by atoms with E-state index < -0.39 is 18.5 Å². The lowest BCUT2D eigenvalue weighted by atomic mass is 9.96. The standard InChI is InChI=1S/C37H36O6/c1-5-6-27-7-9-28(10-8-27)29-11-13-31(14-12-29)34-23-32(17-20-35(34)43-36(39)25(2)3)30-15-18-33(19-16-30)41-21-22-42-37(40)26(4)24-38/h7-20,23,38H,2,4-6,21-22,24H2,1,3H3. The maximum atomic E-state index is 12.4. The van der Waals surface area contributed by atoms with E-state index in [1.54, 1.807) is 13.0 Å². The Morgan fingerprint density at radius 3 is 1.88 bits per heavy atom. The van der Waals surface area contributed by atoms with Crippen LogP contribution in [0.1, 0.15) is 25.8 Å². The molecule has 1 N–H and O–H groups in total. The molecular formula is C37H36O6. The molecule has 43 heavy (non-hydrogen) atoms. The van der Waals surface area contributed by atoms with Crippen molar-refractivity contribution in [1.29, 1.82) is 0 Å². The van der Waals surface area contributed by atoms with Crippen LogP contribution in [-0.4, -0.2) is 36.9 Å². The van der Waals surface area contributed by atoms with Crippen LogP contribution in [0.15, 0.2) is 115 Å². The Balaban J connectivity index is 1.54. The Bertz CT molecular complexity index is 1580. The zero-order valence-corrected chi connectivity index (χ0v) is 24.6. The lowest BCUT2D eigenvalue weighted by Gasteiger charge is -2.14. The van der Waals surface area contributed by atoms with E-state index >= 15 is 0 Å². The van der Waals surface area contributed by atoms with E-state index in [1.807, 2.05) is 48.5 Å². The molecule has 4 aromatic carbocycles.